The van der Waals surface area contributed by atoms with Crippen molar-refractivity contribution in [3.05, 3.63) is 40.0 Å². The number of ether oxygens (including phenoxy) is 1. The predicted octanol–water partition coefficient (Wildman–Crippen LogP) is 3.16. The molecule has 6 nitrogen and oxygen atoms in total. The van der Waals surface area contributed by atoms with E-state index < -0.39 is 0 Å². The minimum Gasteiger partial charge on any atom is -0.477 e. The molecule has 2 heterocycles. The van der Waals surface area contributed by atoms with Crippen molar-refractivity contribution in [3.63, 3.8) is 0 Å². The first-order valence-corrected chi connectivity index (χ1v) is 9.54. The van der Waals surface area contributed by atoms with E-state index in [1.807, 2.05) is 25.3 Å². The van der Waals surface area contributed by atoms with Crippen molar-refractivity contribution in [2.45, 2.75) is 32.7 Å². The summed E-state index contributed by atoms with van der Waals surface area (Å²) in [4.78, 5) is 13.1. The molecule has 2 aromatic rings. The molecule has 0 unspecified atom stereocenters. The van der Waals surface area contributed by atoms with Crippen LogP contribution in [0, 0.1) is 12.8 Å². The van der Waals surface area contributed by atoms with Crippen LogP contribution in [0.1, 0.15) is 29.1 Å². The summed E-state index contributed by atoms with van der Waals surface area (Å²) < 4.78 is 5.66. The Morgan fingerprint density at radius 3 is 2.81 bits per heavy atom. The average molecular weight is 487 g/mol. The summed E-state index contributed by atoms with van der Waals surface area (Å²) >= 11 is 1.68. The molecule has 1 aliphatic rings. The number of hydrogen-bond acceptors (Lipinski definition) is 5. The van der Waals surface area contributed by atoms with Gasteiger partial charge in [0, 0.05) is 44.2 Å². The molecule has 26 heavy (non-hydrogen) atoms. The molecule has 0 bridgehead atoms. The normalized spacial score (nSPS) is 13.8. The zero-order valence-corrected chi connectivity index (χ0v) is 18.3. The van der Waals surface area contributed by atoms with Crippen molar-refractivity contribution < 1.29 is 4.74 Å². The molecule has 142 valence electrons. The van der Waals surface area contributed by atoms with E-state index in [1.165, 1.54) is 12.8 Å². The summed E-state index contributed by atoms with van der Waals surface area (Å²) in [6.45, 7) is 4.29. The van der Waals surface area contributed by atoms with Gasteiger partial charge in [0.2, 0.25) is 5.88 Å². The van der Waals surface area contributed by atoms with Gasteiger partial charge in [-0.15, -0.1) is 35.3 Å². The standard InChI is InChI=1S/C18H25N5OS.HI/c1-13-23-16(12-25-13)7-8-20-18(19-2)22-10-15-5-6-17(21-9-15)24-11-14-3-4-14;/h5-6,9,12,14H,3-4,7-8,10-11H2,1-2H3,(H2,19,20,22);1H. The maximum absolute atomic E-state index is 5.66. The fourth-order valence-corrected chi connectivity index (χ4v) is 2.97. The summed E-state index contributed by atoms with van der Waals surface area (Å²) in [5, 5.41) is 9.81. The number of halogens is 1. The number of pyridine rings is 1. The molecule has 0 radical (unpaired) electrons. The zero-order valence-electron chi connectivity index (χ0n) is 15.2. The van der Waals surface area contributed by atoms with E-state index in [0.717, 1.165) is 47.7 Å². The second-order valence-corrected chi connectivity index (χ2v) is 7.28. The molecule has 1 aliphatic carbocycles. The molecule has 2 aromatic heterocycles. The van der Waals surface area contributed by atoms with Crippen LogP contribution in [0.2, 0.25) is 0 Å². The molecule has 0 aromatic carbocycles. The minimum atomic E-state index is 0. The Morgan fingerprint density at radius 2 is 2.19 bits per heavy atom. The van der Waals surface area contributed by atoms with Gasteiger partial charge in [0.15, 0.2) is 5.96 Å². The molecule has 1 fully saturated rings. The minimum absolute atomic E-state index is 0. The highest BCUT2D eigenvalue weighted by atomic mass is 127. The SMILES string of the molecule is CN=C(NCCc1csc(C)n1)NCc1ccc(OCC2CC2)nc1.I. The molecule has 3 rings (SSSR count). The number of rotatable bonds is 8. The van der Waals surface area contributed by atoms with Crippen molar-refractivity contribution >= 4 is 41.3 Å². The second kappa shape index (κ2) is 10.7. The number of hydrogen-bond donors (Lipinski definition) is 2. The number of aliphatic imine (C=N–C) groups is 1. The maximum atomic E-state index is 5.66. The van der Waals surface area contributed by atoms with E-state index in [4.69, 9.17) is 4.74 Å². The van der Waals surface area contributed by atoms with E-state index in [0.29, 0.717) is 12.4 Å². The van der Waals surface area contributed by atoms with Gasteiger partial charge in [0.05, 0.1) is 17.3 Å². The number of nitrogens with one attached hydrogen (secondary N) is 2. The van der Waals surface area contributed by atoms with Crippen LogP contribution < -0.4 is 15.4 Å². The van der Waals surface area contributed by atoms with E-state index in [-0.39, 0.29) is 24.0 Å². The summed E-state index contributed by atoms with van der Waals surface area (Å²) in [6.07, 6.45) is 5.31. The monoisotopic (exact) mass is 487 g/mol. The Bertz CT molecular complexity index is 700. The van der Waals surface area contributed by atoms with Crippen molar-refractivity contribution in [3.8, 4) is 5.88 Å². The Morgan fingerprint density at radius 1 is 1.35 bits per heavy atom. The van der Waals surface area contributed by atoms with Gasteiger partial charge in [-0.2, -0.15) is 0 Å². The molecule has 0 aliphatic heterocycles. The van der Waals surface area contributed by atoms with Crippen molar-refractivity contribution in [1.29, 1.82) is 0 Å². The van der Waals surface area contributed by atoms with E-state index in [1.54, 1.807) is 18.4 Å². The van der Waals surface area contributed by atoms with Gasteiger partial charge < -0.3 is 15.4 Å². The quantitative estimate of drug-likeness (QED) is 0.340. The molecule has 2 N–H and O–H groups in total. The van der Waals surface area contributed by atoms with Gasteiger partial charge in [-0.05, 0) is 31.2 Å². The van der Waals surface area contributed by atoms with Gasteiger partial charge in [-0.3, -0.25) is 4.99 Å². The first-order chi connectivity index (χ1) is 12.2. The van der Waals surface area contributed by atoms with Crippen LogP contribution >= 0.6 is 35.3 Å². The fourth-order valence-electron chi connectivity index (χ4n) is 2.33. The lowest BCUT2D eigenvalue weighted by Gasteiger charge is -2.11. The molecular formula is C18H26IN5OS. The second-order valence-electron chi connectivity index (χ2n) is 6.22. The maximum Gasteiger partial charge on any atom is 0.213 e. The Balaban J connectivity index is 0.00000243. The summed E-state index contributed by atoms with van der Waals surface area (Å²) in [7, 11) is 1.77. The van der Waals surface area contributed by atoms with Crippen LogP contribution in [0.4, 0.5) is 0 Å². The fraction of sp³-hybridized carbons (Fsp3) is 0.500. The lowest BCUT2D eigenvalue weighted by Crippen LogP contribution is -2.37. The van der Waals surface area contributed by atoms with Crippen molar-refractivity contribution in [2.75, 3.05) is 20.2 Å². The molecule has 1 saturated carbocycles. The molecule has 0 atom stereocenters. The first-order valence-electron chi connectivity index (χ1n) is 8.66. The average Bonchev–Trinajstić information content (AvgIpc) is 3.37. The number of aryl methyl sites for hydroxylation is 1. The van der Waals surface area contributed by atoms with E-state index >= 15 is 0 Å². The highest BCUT2D eigenvalue weighted by Gasteiger charge is 2.21. The Hall–Kier alpha value is -1.42. The van der Waals surface area contributed by atoms with Crippen LogP contribution in [-0.2, 0) is 13.0 Å². The van der Waals surface area contributed by atoms with Gasteiger partial charge in [0.1, 0.15) is 0 Å². The van der Waals surface area contributed by atoms with Gasteiger partial charge in [-0.1, -0.05) is 6.07 Å². The lowest BCUT2D eigenvalue weighted by atomic mass is 10.3. The largest absolute Gasteiger partial charge is 0.477 e. The summed E-state index contributed by atoms with van der Waals surface area (Å²) in [5.74, 6) is 2.23. The van der Waals surface area contributed by atoms with Crippen LogP contribution in [0.5, 0.6) is 5.88 Å². The summed E-state index contributed by atoms with van der Waals surface area (Å²) in [5.41, 5.74) is 2.22. The van der Waals surface area contributed by atoms with Crippen LogP contribution in [0.25, 0.3) is 0 Å². The van der Waals surface area contributed by atoms with Gasteiger partial charge in [0.25, 0.3) is 0 Å². The molecule has 8 heteroatoms. The van der Waals surface area contributed by atoms with Gasteiger partial charge in [-0.25, -0.2) is 9.97 Å². The molecular weight excluding hydrogens is 461 g/mol. The smallest absolute Gasteiger partial charge is 0.213 e. The van der Waals surface area contributed by atoms with E-state index in [9.17, 15) is 0 Å². The first kappa shape index (κ1) is 20.9. The predicted molar refractivity (Wildman–Crippen MR) is 117 cm³/mol. The number of aromatic nitrogens is 2. The number of nitrogens with zero attached hydrogens (tertiary/aromatic N) is 3. The number of guanidine groups is 1. The third kappa shape index (κ3) is 7.06. The topological polar surface area (TPSA) is 71.4 Å². The van der Waals surface area contributed by atoms with E-state index in [2.05, 4.69) is 31.0 Å². The van der Waals surface area contributed by atoms with Crippen LogP contribution in [0.15, 0.2) is 28.7 Å². The summed E-state index contributed by atoms with van der Waals surface area (Å²) in [6, 6.07) is 3.97. The Labute approximate surface area is 175 Å². The molecule has 0 saturated heterocycles. The highest BCUT2D eigenvalue weighted by Crippen LogP contribution is 2.29. The molecule has 0 spiro atoms. The molecule has 0 amide bonds. The van der Waals surface area contributed by atoms with Crippen molar-refractivity contribution in [1.82, 2.24) is 20.6 Å². The zero-order chi connectivity index (χ0) is 17.5. The van der Waals surface area contributed by atoms with Crippen LogP contribution in [-0.4, -0.2) is 36.1 Å². The van der Waals surface area contributed by atoms with Gasteiger partial charge >= 0.3 is 0 Å². The third-order valence-corrected chi connectivity index (χ3v) is 4.81. The van der Waals surface area contributed by atoms with Crippen LogP contribution in [0.3, 0.4) is 0 Å². The third-order valence-electron chi connectivity index (χ3n) is 3.99. The Kier molecular flexibility index (Phi) is 8.56. The highest BCUT2D eigenvalue weighted by molar-refractivity contribution is 14.0. The lowest BCUT2D eigenvalue weighted by molar-refractivity contribution is 0.288. The van der Waals surface area contributed by atoms with Crippen molar-refractivity contribution in [2.24, 2.45) is 10.9 Å². The number of thiazole rings is 1.